The molecule has 2 nitrogen and oxygen atoms in total. The van der Waals surface area contributed by atoms with Gasteiger partial charge < -0.3 is 5.73 Å². The van der Waals surface area contributed by atoms with Crippen LogP contribution in [0.5, 0.6) is 0 Å². The maximum atomic E-state index is 5.51. The lowest BCUT2D eigenvalue weighted by atomic mass is 9.76. The molecule has 0 bridgehead atoms. The van der Waals surface area contributed by atoms with Gasteiger partial charge in [-0.2, -0.15) is 0 Å². The van der Waals surface area contributed by atoms with Crippen molar-refractivity contribution < 1.29 is 0 Å². The molecule has 1 aliphatic rings. The molecule has 0 radical (unpaired) electrons. The maximum Gasteiger partial charge on any atom is 0.0389 e. The molecule has 1 heterocycles. The summed E-state index contributed by atoms with van der Waals surface area (Å²) in [5, 5.41) is 0. The Morgan fingerprint density at radius 2 is 2.33 bits per heavy atom. The Kier molecular flexibility index (Phi) is 3.27. The first-order chi connectivity index (χ1) is 5.69. The molecule has 0 spiro atoms. The fraction of sp³-hybridized carbons (Fsp3) is 0.900. The number of hydrogen-bond donors (Lipinski definition) is 1. The highest BCUT2D eigenvalue weighted by Gasteiger charge is 2.28. The van der Waals surface area contributed by atoms with Crippen LogP contribution in [0.25, 0.3) is 0 Å². The topological polar surface area (TPSA) is 38.4 Å². The predicted octanol–water partition coefficient (Wildman–Crippen LogP) is 1.99. The molecule has 0 fully saturated rings. The lowest BCUT2D eigenvalue weighted by Crippen LogP contribution is -2.30. The van der Waals surface area contributed by atoms with Crippen molar-refractivity contribution in [2.24, 2.45) is 16.1 Å². The summed E-state index contributed by atoms with van der Waals surface area (Å²) in [6, 6.07) is 0. The van der Waals surface area contributed by atoms with Gasteiger partial charge in [0, 0.05) is 17.7 Å². The summed E-state index contributed by atoms with van der Waals surface area (Å²) in [5.74, 6) is 0. The highest BCUT2D eigenvalue weighted by molar-refractivity contribution is 5.88. The van der Waals surface area contributed by atoms with Gasteiger partial charge in [-0.25, -0.2) is 0 Å². The van der Waals surface area contributed by atoms with Gasteiger partial charge in [-0.3, -0.25) is 4.99 Å². The smallest absolute Gasteiger partial charge is 0.0389 e. The van der Waals surface area contributed by atoms with Gasteiger partial charge in [0.25, 0.3) is 0 Å². The third kappa shape index (κ3) is 2.07. The zero-order valence-corrected chi connectivity index (χ0v) is 8.27. The van der Waals surface area contributed by atoms with Crippen molar-refractivity contribution >= 4 is 5.71 Å². The van der Waals surface area contributed by atoms with E-state index in [0.717, 1.165) is 19.5 Å². The third-order valence-electron chi connectivity index (χ3n) is 3.04. The van der Waals surface area contributed by atoms with E-state index in [1.807, 2.05) is 0 Å². The molecular formula is C10H20N2. The summed E-state index contributed by atoms with van der Waals surface area (Å²) < 4.78 is 0. The highest BCUT2D eigenvalue weighted by Crippen LogP contribution is 2.33. The first-order valence-corrected chi connectivity index (χ1v) is 4.91. The summed E-state index contributed by atoms with van der Waals surface area (Å²) in [6.07, 6.45) is 4.88. The van der Waals surface area contributed by atoms with E-state index >= 15 is 0 Å². The Labute approximate surface area is 75.3 Å². The summed E-state index contributed by atoms with van der Waals surface area (Å²) >= 11 is 0. The summed E-state index contributed by atoms with van der Waals surface area (Å²) in [4.78, 5) is 4.51. The SMILES string of the molecule is CC1=NCCCC1(C)CCCN. The monoisotopic (exact) mass is 168 g/mol. The van der Waals surface area contributed by atoms with Crippen LogP contribution in [0.1, 0.15) is 39.5 Å². The molecule has 1 atom stereocenters. The van der Waals surface area contributed by atoms with Gasteiger partial charge in [0.05, 0.1) is 0 Å². The molecule has 1 unspecified atom stereocenters. The van der Waals surface area contributed by atoms with Gasteiger partial charge in [-0.05, 0) is 39.2 Å². The second-order valence-electron chi connectivity index (χ2n) is 4.02. The van der Waals surface area contributed by atoms with Crippen molar-refractivity contribution in [1.29, 1.82) is 0 Å². The van der Waals surface area contributed by atoms with Crippen molar-refractivity contribution in [2.45, 2.75) is 39.5 Å². The fourth-order valence-electron chi connectivity index (χ4n) is 1.89. The van der Waals surface area contributed by atoms with Gasteiger partial charge in [0.1, 0.15) is 0 Å². The average Bonchev–Trinajstić information content (AvgIpc) is 2.07. The van der Waals surface area contributed by atoms with E-state index < -0.39 is 0 Å². The molecule has 0 aliphatic carbocycles. The van der Waals surface area contributed by atoms with Gasteiger partial charge in [0.15, 0.2) is 0 Å². The van der Waals surface area contributed by atoms with E-state index in [9.17, 15) is 0 Å². The summed E-state index contributed by atoms with van der Waals surface area (Å²) in [7, 11) is 0. The Hall–Kier alpha value is -0.370. The fourth-order valence-corrected chi connectivity index (χ4v) is 1.89. The molecule has 1 rings (SSSR count). The molecular weight excluding hydrogens is 148 g/mol. The molecule has 70 valence electrons. The van der Waals surface area contributed by atoms with Crippen molar-refractivity contribution in [1.82, 2.24) is 0 Å². The van der Waals surface area contributed by atoms with Crippen molar-refractivity contribution in [3.05, 3.63) is 0 Å². The normalized spacial score (nSPS) is 30.1. The van der Waals surface area contributed by atoms with E-state index in [1.54, 1.807) is 0 Å². The van der Waals surface area contributed by atoms with Crippen LogP contribution < -0.4 is 5.73 Å². The van der Waals surface area contributed by atoms with E-state index in [2.05, 4.69) is 18.8 Å². The lowest BCUT2D eigenvalue weighted by Gasteiger charge is -2.32. The minimum Gasteiger partial charge on any atom is -0.330 e. The number of nitrogens with two attached hydrogens (primary N) is 1. The maximum absolute atomic E-state index is 5.51. The average molecular weight is 168 g/mol. The number of nitrogens with zero attached hydrogens (tertiary/aromatic N) is 1. The Morgan fingerprint density at radius 3 is 2.92 bits per heavy atom. The Balaban J connectivity index is 2.55. The highest BCUT2D eigenvalue weighted by atomic mass is 14.8. The molecule has 1 aliphatic heterocycles. The lowest BCUT2D eigenvalue weighted by molar-refractivity contribution is 0.359. The minimum atomic E-state index is 0.359. The summed E-state index contributed by atoms with van der Waals surface area (Å²) in [5.41, 5.74) is 7.20. The Bertz CT molecular complexity index is 175. The molecule has 0 aromatic carbocycles. The van der Waals surface area contributed by atoms with Crippen LogP contribution in [0, 0.1) is 5.41 Å². The van der Waals surface area contributed by atoms with Gasteiger partial charge in [-0.15, -0.1) is 0 Å². The van der Waals surface area contributed by atoms with Crippen LogP contribution in [-0.2, 0) is 0 Å². The molecule has 0 saturated heterocycles. The predicted molar refractivity (Wildman–Crippen MR) is 53.6 cm³/mol. The number of hydrogen-bond acceptors (Lipinski definition) is 2. The van der Waals surface area contributed by atoms with Crippen molar-refractivity contribution in [2.75, 3.05) is 13.1 Å². The van der Waals surface area contributed by atoms with E-state index in [1.165, 1.54) is 25.0 Å². The molecule has 0 aromatic heterocycles. The standard InChI is InChI=1S/C10H20N2/c1-9-10(2,5-3-7-11)6-4-8-12-9/h3-8,11H2,1-2H3. The van der Waals surface area contributed by atoms with Gasteiger partial charge in [0.2, 0.25) is 0 Å². The molecule has 0 amide bonds. The Morgan fingerprint density at radius 1 is 1.58 bits per heavy atom. The quantitative estimate of drug-likeness (QED) is 0.687. The minimum absolute atomic E-state index is 0.359. The largest absolute Gasteiger partial charge is 0.330 e. The zero-order chi connectivity index (χ0) is 9.03. The molecule has 0 aromatic rings. The summed E-state index contributed by atoms with van der Waals surface area (Å²) in [6.45, 7) is 6.32. The third-order valence-corrected chi connectivity index (χ3v) is 3.04. The second-order valence-corrected chi connectivity index (χ2v) is 4.02. The first kappa shape index (κ1) is 9.72. The van der Waals surface area contributed by atoms with E-state index in [0.29, 0.717) is 5.41 Å². The van der Waals surface area contributed by atoms with Crippen LogP contribution in [0.2, 0.25) is 0 Å². The second kappa shape index (κ2) is 4.04. The van der Waals surface area contributed by atoms with Crippen LogP contribution in [0.15, 0.2) is 4.99 Å². The van der Waals surface area contributed by atoms with Crippen molar-refractivity contribution in [3.63, 3.8) is 0 Å². The van der Waals surface area contributed by atoms with Crippen LogP contribution in [0.3, 0.4) is 0 Å². The van der Waals surface area contributed by atoms with Gasteiger partial charge in [-0.1, -0.05) is 6.92 Å². The van der Waals surface area contributed by atoms with Crippen LogP contribution in [0.4, 0.5) is 0 Å². The number of rotatable bonds is 3. The molecule has 2 heteroatoms. The molecule has 2 N–H and O–H groups in total. The van der Waals surface area contributed by atoms with Crippen LogP contribution >= 0.6 is 0 Å². The zero-order valence-electron chi connectivity index (χ0n) is 8.27. The van der Waals surface area contributed by atoms with E-state index in [4.69, 9.17) is 5.73 Å². The number of aliphatic imine (C=N–C) groups is 1. The molecule has 0 saturated carbocycles. The first-order valence-electron chi connectivity index (χ1n) is 4.91. The van der Waals surface area contributed by atoms with Crippen molar-refractivity contribution in [3.8, 4) is 0 Å². The van der Waals surface area contributed by atoms with E-state index in [-0.39, 0.29) is 0 Å². The van der Waals surface area contributed by atoms with Gasteiger partial charge >= 0.3 is 0 Å². The van der Waals surface area contributed by atoms with Crippen LogP contribution in [-0.4, -0.2) is 18.8 Å². The molecule has 12 heavy (non-hydrogen) atoms.